The number of hydrogen-bond donors (Lipinski definition) is 4. The topological polar surface area (TPSA) is 80.9 Å². The molecule has 0 spiro atoms. The average molecular weight is 453 g/mol. The van der Waals surface area contributed by atoms with Crippen LogP contribution in [-0.4, -0.2) is 20.4 Å². The van der Waals surface area contributed by atoms with E-state index >= 15 is 0 Å². The zero-order valence-electron chi connectivity index (χ0n) is 20.0. The molecule has 180 valence electrons. The lowest BCUT2D eigenvalue weighted by Crippen LogP contribution is -2.05. The number of unbranched alkanes of at least 4 members (excludes halogenated alkanes) is 5. The summed E-state index contributed by atoms with van der Waals surface area (Å²) in [7, 11) is 0. The fraction of sp³-hybridized carbons (Fsp3) is 0.517. The van der Waals surface area contributed by atoms with Gasteiger partial charge in [-0.05, 0) is 93.2 Å². The molecular weight excluding hydrogens is 412 g/mol. The molecule has 0 unspecified atom stereocenters. The van der Waals surface area contributed by atoms with E-state index in [1.54, 1.807) is 12.1 Å². The minimum atomic E-state index is 0.0943. The highest BCUT2D eigenvalue weighted by molar-refractivity contribution is 5.50. The minimum Gasteiger partial charge on any atom is -0.508 e. The molecule has 1 atom stereocenters. The van der Waals surface area contributed by atoms with Crippen LogP contribution < -0.4 is 0 Å². The highest BCUT2D eigenvalue weighted by Gasteiger charge is 2.22. The van der Waals surface area contributed by atoms with Crippen LogP contribution in [0.25, 0.3) is 0 Å². The Bertz CT molecular complexity index is 888. The minimum absolute atomic E-state index is 0.0943. The molecule has 2 aromatic carbocycles. The predicted molar refractivity (Wildman–Crippen MR) is 134 cm³/mol. The maximum atomic E-state index is 10.6. The van der Waals surface area contributed by atoms with Crippen molar-refractivity contribution in [3.63, 3.8) is 0 Å². The summed E-state index contributed by atoms with van der Waals surface area (Å²) in [5.74, 6) is 0.805. The summed E-state index contributed by atoms with van der Waals surface area (Å²) in [4.78, 5) is 0. The standard InChI is InChI=1S/C29H40O4/c1-2-3-6-11-23-18-27(32)29(28(33)19-23)24-14-9-13-21(15-24)10-7-4-5-8-12-22-16-25(30)20-26(31)17-22/h15-20,24,30-33H,2-14H2,1H3/t24-/m0/s1. The maximum absolute atomic E-state index is 10.6. The van der Waals surface area contributed by atoms with Gasteiger partial charge in [0.1, 0.15) is 23.0 Å². The van der Waals surface area contributed by atoms with Crippen molar-refractivity contribution >= 4 is 0 Å². The zero-order chi connectivity index (χ0) is 23.6. The third-order valence-corrected chi connectivity index (χ3v) is 6.76. The van der Waals surface area contributed by atoms with Crippen molar-refractivity contribution in [3.05, 3.63) is 58.7 Å². The van der Waals surface area contributed by atoms with Gasteiger partial charge in [0.05, 0.1) is 0 Å². The van der Waals surface area contributed by atoms with Gasteiger partial charge in [-0.15, -0.1) is 0 Å². The number of phenols is 4. The molecule has 0 saturated heterocycles. The van der Waals surface area contributed by atoms with Gasteiger partial charge in [0.15, 0.2) is 0 Å². The molecule has 3 rings (SSSR count). The molecule has 0 saturated carbocycles. The molecule has 0 aliphatic heterocycles. The quantitative estimate of drug-likeness (QED) is 0.197. The lowest BCUT2D eigenvalue weighted by molar-refractivity contribution is 0.426. The Morgan fingerprint density at radius 2 is 1.27 bits per heavy atom. The van der Waals surface area contributed by atoms with Crippen LogP contribution in [0.2, 0.25) is 0 Å². The molecule has 4 N–H and O–H groups in total. The average Bonchev–Trinajstić information content (AvgIpc) is 2.75. The molecule has 1 aliphatic carbocycles. The number of aromatic hydroxyl groups is 4. The maximum Gasteiger partial charge on any atom is 0.123 e. The van der Waals surface area contributed by atoms with Gasteiger partial charge in [0, 0.05) is 17.5 Å². The van der Waals surface area contributed by atoms with E-state index in [1.807, 2.05) is 12.1 Å². The molecule has 4 nitrogen and oxygen atoms in total. The Hall–Kier alpha value is -2.62. The van der Waals surface area contributed by atoms with Gasteiger partial charge in [-0.1, -0.05) is 44.3 Å². The molecule has 33 heavy (non-hydrogen) atoms. The SMILES string of the molecule is CCCCCc1cc(O)c([C@@H]2C=C(CCCCCCc3cc(O)cc(O)c3)CCC2)c(O)c1. The lowest BCUT2D eigenvalue weighted by Gasteiger charge is -2.23. The van der Waals surface area contributed by atoms with E-state index in [-0.39, 0.29) is 28.9 Å². The van der Waals surface area contributed by atoms with Crippen molar-refractivity contribution in [2.45, 2.75) is 96.3 Å². The monoisotopic (exact) mass is 452 g/mol. The molecule has 0 fully saturated rings. The van der Waals surface area contributed by atoms with Crippen molar-refractivity contribution < 1.29 is 20.4 Å². The zero-order valence-corrected chi connectivity index (χ0v) is 20.0. The van der Waals surface area contributed by atoms with Crippen LogP contribution in [0.5, 0.6) is 23.0 Å². The second-order valence-corrected chi connectivity index (χ2v) is 9.60. The number of phenolic OH excluding ortho intramolecular Hbond substituents is 4. The summed E-state index contributed by atoms with van der Waals surface area (Å²) >= 11 is 0. The first-order chi connectivity index (χ1) is 16.0. The van der Waals surface area contributed by atoms with Gasteiger partial charge in [-0.25, -0.2) is 0 Å². The van der Waals surface area contributed by atoms with Gasteiger partial charge in [-0.2, -0.15) is 0 Å². The third-order valence-electron chi connectivity index (χ3n) is 6.76. The van der Waals surface area contributed by atoms with Crippen LogP contribution >= 0.6 is 0 Å². The molecule has 0 radical (unpaired) electrons. The molecule has 0 heterocycles. The highest BCUT2D eigenvalue weighted by atomic mass is 16.3. The molecule has 0 aromatic heterocycles. The normalized spacial score (nSPS) is 16.0. The van der Waals surface area contributed by atoms with Crippen molar-refractivity contribution in [1.82, 2.24) is 0 Å². The summed E-state index contributed by atoms with van der Waals surface area (Å²) < 4.78 is 0. The first-order valence-corrected chi connectivity index (χ1v) is 12.7. The van der Waals surface area contributed by atoms with E-state index in [4.69, 9.17) is 0 Å². The van der Waals surface area contributed by atoms with Crippen molar-refractivity contribution in [3.8, 4) is 23.0 Å². The summed E-state index contributed by atoms with van der Waals surface area (Å²) in [5.41, 5.74) is 4.13. The fourth-order valence-electron chi connectivity index (χ4n) is 5.05. The van der Waals surface area contributed by atoms with Crippen molar-refractivity contribution in [1.29, 1.82) is 0 Å². The van der Waals surface area contributed by atoms with E-state index < -0.39 is 0 Å². The van der Waals surface area contributed by atoms with Gasteiger partial charge in [0.2, 0.25) is 0 Å². The Balaban J connectivity index is 1.47. The second kappa shape index (κ2) is 12.6. The van der Waals surface area contributed by atoms with Crippen LogP contribution in [0.4, 0.5) is 0 Å². The highest BCUT2D eigenvalue weighted by Crippen LogP contribution is 2.42. The summed E-state index contributed by atoms with van der Waals surface area (Å²) in [5, 5.41) is 40.4. The van der Waals surface area contributed by atoms with E-state index in [2.05, 4.69) is 13.0 Å². The Morgan fingerprint density at radius 1 is 0.697 bits per heavy atom. The van der Waals surface area contributed by atoms with Gasteiger partial charge >= 0.3 is 0 Å². The number of aryl methyl sites for hydroxylation is 2. The van der Waals surface area contributed by atoms with Crippen LogP contribution in [0.1, 0.15) is 100 Å². The van der Waals surface area contributed by atoms with E-state index in [0.717, 1.165) is 94.6 Å². The summed E-state index contributed by atoms with van der Waals surface area (Å²) in [6.45, 7) is 2.18. The third kappa shape index (κ3) is 7.73. The van der Waals surface area contributed by atoms with Crippen molar-refractivity contribution in [2.24, 2.45) is 0 Å². The summed E-state index contributed by atoms with van der Waals surface area (Å²) in [6.07, 6.45) is 16.1. The lowest BCUT2D eigenvalue weighted by atomic mass is 9.82. The van der Waals surface area contributed by atoms with Crippen LogP contribution in [0.3, 0.4) is 0 Å². The Labute approximate surface area is 198 Å². The largest absolute Gasteiger partial charge is 0.508 e. The molecular formula is C29H40O4. The molecule has 0 bridgehead atoms. The number of benzene rings is 2. The number of allylic oxidation sites excluding steroid dienone is 2. The van der Waals surface area contributed by atoms with Gasteiger partial charge in [-0.3, -0.25) is 0 Å². The first kappa shape index (κ1) is 25.0. The Morgan fingerprint density at radius 3 is 1.91 bits per heavy atom. The van der Waals surface area contributed by atoms with E-state index in [9.17, 15) is 20.4 Å². The van der Waals surface area contributed by atoms with Crippen LogP contribution in [-0.2, 0) is 12.8 Å². The fourth-order valence-corrected chi connectivity index (χ4v) is 5.05. The van der Waals surface area contributed by atoms with Crippen LogP contribution in [0, 0.1) is 0 Å². The first-order valence-electron chi connectivity index (χ1n) is 12.7. The molecule has 4 heteroatoms. The van der Waals surface area contributed by atoms with E-state index in [0.29, 0.717) is 5.56 Å². The van der Waals surface area contributed by atoms with Gasteiger partial charge in [0.25, 0.3) is 0 Å². The predicted octanol–water partition coefficient (Wildman–Crippen LogP) is 7.63. The molecule has 0 amide bonds. The molecule has 1 aliphatic rings. The van der Waals surface area contributed by atoms with E-state index in [1.165, 1.54) is 11.6 Å². The van der Waals surface area contributed by atoms with Crippen molar-refractivity contribution in [2.75, 3.05) is 0 Å². The van der Waals surface area contributed by atoms with Gasteiger partial charge < -0.3 is 20.4 Å². The smallest absolute Gasteiger partial charge is 0.123 e. The number of rotatable bonds is 12. The number of hydrogen-bond acceptors (Lipinski definition) is 4. The molecule has 2 aromatic rings. The van der Waals surface area contributed by atoms with Crippen LogP contribution in [0.15, 0.2) is 42.0 Å². The Kier molecular flexibility index (Phi) is 9.53. The summed E-state index contributed by atoms with van der Waals surface area (Å²) in [6, 6.07) is 8.48. The second-order valence-electron chi connectivity index (χ2n) is 9.60.